The highest BCUT2D eigenvalue weighted by Crippen LogP contribution is 2.32. The van der Waals surface area contributed by atoms with Gasteiger partial charge in [0.1, 0.15) is 10.6 Å². The van der Waals surface area contributed by atoms with E-state index in [4.69, 9.17) is 0 Å². The van der Waals surface area contributed by atoms with Crippen molar-refractivity contribution in [2.24, 2.45) is 7.05 Å². The monoisotopic (exact) mass is 305 g/mol. The number of hydrogen-bond donors (Lipinski definition) is 1. The molecule has 1 heterocycles. The zero-order chi connectivity index (χ0) is 15.0. The summed E-state index contributed by atoms with van der Waals surface area (Å²) in [6.07, 6.45) is 4.98. The molecule has 1 N–H and O–H groups in total. The number of para-hydroxylation sites is 1. The largest absolute Gasteiger partial charge is 0.506 e. The van der Waals surface area contributed by atoms with Crippen LogP contribution in [0.1, 0.15) is 32.1 Å². The van der Waals surface area contributed by atoms with Gasteiger partial charge in [-0.3, -0.25) is 9.00 Å². The van der Waals surface area contributed by atoms with E-state index < -0.39 is 10.8 Å². The van der Waals surface area contributed by atoms with Crippen molar-refractivity contribution in [3.8, 4) is 5.75 Å². The molecule has 0 amide bonds. The molecule has 0 radical (unpaired) electrons. The van der Waals surface area contributed by atoms with E-state index in [-0.39, 0.29) is 21.5 Å². The maximum Gasteiger partial charge on any atom is 0.270 e. The van der Waals surface area contributed by atoms with Crippen molar-refractivity contribution < 1.29 is 9.32 Å². The number of hydrogen-bond acceptors (Lipinski definition) is 3. The first-order valence-electron chi connectivity index (χ1n) is 7.32. The average Bonchev–Trinajstić information content (AvgIpc) is 2.53. The second-order valence-electron chi connectivity index (χ2n) is 5.62. The van der Waals surface area contributed by atoms with Gasteiger partial charge in [0.25, 0.3) is 5.56 Å². The van der Waals surface area contributed by atoms with Crippen LogP contribution < -0.4 is 5.56 Å². The standard InChI is InChI=1S/C16H19NO3S/c1-17-13-10-6-5-9-12(13)14(18)15(16(17)19)21(20)11-7-3-2-4-8-11/h5-6,9-11,18H,2-4,7-8H2,1H3/t21-/m1/s1. The van der Waals surface area contributed by atoms with Gasteiger partial charge in [-0.1, -0.05) is 31.4 Å². The van der Waals surface area contributed by atoms with Gasteiger partial charge in [0.05, 0.1) is 16.3 Å². The van der Waals surface area contributed by atoms with Gasteiger partial charge < -0.3 is 9.67 Å². The van der Waals surface area contributed by atoms with Crippen molar-refractivity contribution >= 4 is 21.7 Å². The average molecular weight is 305 g/mol. The molecule has 112 valence electrons. The first-order chi connectivity index (χ1) is 10.1. The molecule has 5 heteroatoms. The van der Waals surface area contributed by atoms with Crippen LogP contribution in [0.3, 0.4) is 0 Å². The smallest absolute Gasteiger partial charge is 0.270 e. The lowest BCUT2D eigenvalue weighted by Gasteiger charge is -2.21. The zero-order valence-corrected chi connectivity index (χ0v) is 12.9. The Hall–Kier alpha value is -1.62. The van der Waals surface area contributed by atoms with Crippen LogP contribution in [-0.4, -0.2) is 19.1 Å². The predicted octanol–water partition coefficient (Wildman–Crippen LogP) is 2.68. The van der Waals surface area contributed by atoms with Gasteiger partial charge >= 0.3 is 0 Å². The molecule has 21 heavy (non-hydrogen) atoms. The van der Waals surface area contributed by atoms with Crippen molar-refractivity contribution in [1.29, 1.82) is 0 Å². The van der Waals surface area contributed by atoms with Crippen molar-refractivity contribution in [2.75, 3.05) is 0 Å². The van der Waals surface area contributed by atoms with Gasteiger partial charge in [0.15, 0.2) is 0 Å². The van der Waals surface area contributed by atoms with E-state index in [1.165, 1.54) is 4.57 Å². The molecule has 3 rings (SSSR count). The summed E-state index contributed by atoms with van der Waals surface area (Å²) in [7, 11) is 0.216. The molecule has 0 aliphatic heterocycles. The number of rotatable bonds is 2. The van der Waals surface area contributed by atoms with Crippen LogP contribution in [-0.2, 0) is 17.8 Å². The van der Waals surface area contributed by atoms with Crippen LogP contribution in [0.15, 0.2) is 34.0 Å². The summed E-state index contributed by atoms with van der Waals surface area (Å²) in [4.78, 5) is 12.6. The molecule has 1 saturated carbocycles. The fourth-order valence-electron chi connectivity index (χ4n) is 3.08. The summed E-state index contributed by atoms with van der Waals surface area (Å²) in [6.45, 7) is 0. The summed E-state index contributed by atoms with van der Waals surface area (Å²) >= 11 is 0. The molecule has 4 nitrogen and oxygen atoms in total. The van der Waals surface area contributed by atoms with E-state index in [9.17, 15) is 14.1 Å². The first-order valence-corrected chi connectivity index (χ1v) is 8.54. The van der Waals surface area contributed by atoms with Crippen LogP contribution in [0.5, 0.6) is 5.75 Å². The number of aromatic nitrogens is 1. The highest BCUT2D eigenvalue weighted by molar-refractivity contribution is 7.85. The number of nitrogens with zero attached hydrogens (tertiary/aromatic N) is 1. The fraction of sp³-hybridized carbons (Fsp3) is 0.438. The summed E-state index contributed by atoms with van der Waals surface area (Å²) in [5.41, 5.74) is 0.305. The molecule has 1 aromatic heterocycles. The van der Waals surface area contributed by atoms with Crippen LogP contribution in [0.2, 0.25) is 0 Å². The Morgan fingerprint density at radius 3 is 2.57 bits per heavy atom. The number of fused-ring (bicyclic) bond motifs is 1. The van der Waals surface area contributed by atoms with E-state index in [1.807, 2.05) is 6.07 Å². The van der Waals surface area contributed by atoms with Gasteiger partial charge in [0, 0.05) is 17.7 Å². The van der Waals surface area contributed by atoms with Crippen LogP contribution in [0.25, 0.3) is 10.9 Å². The number of aromatic hydroxyl groups is 1. The molecule has 0 unspecified atom stereocenters. The van der Waals surface area contributed by atoms with Gasteiger partial charge in [0.2, 0.25) is 0 Å². The molecular weight excluding hydrogens is 286 g/mol. The quantitative estimate of drug-likeness (QED) is 0.928. The topological polar surface area (TPSA) is 59.3 Å². The molecular formula is C16H19NO3S. The zero-order valence-electron chi connectivity index (χ0n) is 12.0. The normalized spacial score (nSPS) is 18.0. The van der Waals surface area contributed by atoms with Crippen molar-refractivity contribution in [2.45, 2.75) is 42.2 Å². The van der Waals surface area contributed by atoms with E-state index in [0.29, 0.717) is 10.9 Å². The molecule has 1 aliphatic rings. The van der Waals surface area contributed by atoms with E-state index >= 15 is 0 Å². The molecule has 1 atom stereocenters. The van der Waals surface area contributed by atoms with Crippen molar-refractivity contribution in [3.63, 3.8) is 0 Å². The second-order valence-corrected chi connectivity index (χ2v) is 7.29. The first kappa shape index (κ1) is 14.3. The highest BCUT2D eigenvalue weighted by atomic mass is 32.2. The number of pyridine rings is 1. The lowest BCUT2D eigenvalue weighted by atomic mass is 10.0. The Morgan fingerprint density at radius 2 is 1.86 bits per heavy atom. The summed E-state index contributed by atoms with van der Waals surface area (Å²) in [5.74, 6) is -0.113. The van der Waals surface area contributed by atoms with E-state index in [0.717, 1.165) is 32.1 Å². The number of benzene rings is 1. The highest BCUT2D eigenvalue weighted by Gasteiger charge is 2.27. The van der Waals surface area contributed by atoms with Crippen LogP contribution >= 0.6 is 0 Å². The Bertz CT molecular complexity index is 760. The van der Waals surface area contributed by atoms with Gasteiger partial charge in [-0.25, -0.2) is 0 Å². The molecule has 0 spiro atoms. The molecule has 1 fully saturated rings. The minimum Gasteiger partial charge on any atom is -0.506 e. The minimum atomic E-state index is -1.44. The van der Waals surface area contributed by atoms with Gasteiger partial charge in [-0.15, -0.1) is 0 Å². The Balaban J connectivity index is 2.18. The Kier molecular flexibility index (Phi) is 3.85. The van der Waals surface area contributed by atoms with Crippen LogP contribution in [0, 0.1) is 0 Å². The van der Waals surface area contributed by atoms with Crippen molar-refractivity contribution in [1.82, 2.24) is 4.57 Å². The van der Waals surface area contributed by atoms with Crippen molar-refractivity contribution in [3.05, 3.63) is 34.6 Å². The molecule has 0 bridgehead atoms. The molecule has 1 aromatic carbocycles. The third-order valence-electron chi connectivity index (χ3n) is 4.29. The molecule has 2 aromatic rings. The third-order valence-corrected chi connectivity index (χ3v) is 6.14. The molecule has 1 aliphatic carbocycles. The fourth-order valence-corrected chi connectivity index (χ4v) is 4.78. The summed E-state index contributed by atoms with van der Waals surface area (Å²) in [5, 5.41) is 11.0. The SMILES string of the molecule is Cn1c(=O)c([S@](=O)C2CCCCC2)c(O)c2ccccc21. The minimum absolute atomic E-state index is 0.0153. The Labute approximate surface area is 125 Å². The summed E-state index contributed by atoms with van der Waals surface area (Å²) in [6, 6.07) is 7.16. The van der Waals surface area contributed by atoms with E-state index in [2.05, 4.69) is 0 Å². The Morgan fingerprint density at radius 1 is 1.19 bits per heavy atom. The maximum absolute atomic E-state index is 12.8. The lowest BCUT2D eigenvalue weighted by Crippen LogP contribution is -2.27. The molecule has 0 saturated heterocycles. The summed E-state index contributed by atoms with van der Waals surface area (Å²) < 4.78 is 14.3. The van der Waals surface area contributed by atoms with Gasteiger partial charge in [-0.05, 0) is 25.0 Å². The van der Waals surface area contributed by atoms with Crippen LogP contribution in [0.4, 0.5) is 0 Å². The second kappa shape index (κ2) is 5.64. The predicted molar refractivity (Wildman–Crippen MR) is 84.1 cm³/mol. The maximum atomic E-state index is 12.8. The van der Waals surface area contributed by atoms with E-state index in [1.54, 1.807) is 25.2 Å². The third kappa shape index (κ3) is 2.39. The lowest BCUT2D eigenvalue weighted by molar-refractivity contribution is 0.460. The number of aryl methyl sites for hydroxylation is 1. The van der Waals surface area contributed by atoms with Gasteiger partial charge in [-0.2, -0.15) is 0 Å².